The number of fused-ring (bicyclic) bond motifs is 1. The molecule has 0 aliphatic carbocycles. The monoisotopic (exact) mass is 252 g/mol. The van der Waals surface area contributed by atoms with Crippen molar-refractivity contribution in [2.75, 3.05) is 6.54 Å². The third-order valence-electron chi connectivity index (χ3n) is 3.14. The van der Waals surface area contributed by atoms with E-state index in [1.807, 2.05) is 30.5 Å². The fourth-order valence-corrected chi connectivity index (χ4v) is 2.20. The number of benzene rings is 1. The van der Waals surface area contributed by atoms with E-state index in [4.69, 9.17) is 5.73 Å². The van der Waals surface area contributed by atoms with Gasteiger partial charge in [0.15, 0.2) is 5.65 Å². The Labute approximate surface area is 111 Å². The van der Waals surface area contributed by atoms with Gasteiger partial charge in [-0.05, 0) is 24.6 Å². The molecule has 3 aromatic rings. The molecule has 0 atom stereocenters. The van der Waals surface area contributed by atoms with Crippen molar-refractivity contribution in [1.82, 2.24) is 15.0 Å². The van der Waals surface area contributed by atoms with Crippen molar-refractivity contribution in [1.29, 1.82) is 0 Å². The molecule has 4 nitrogen and oxygen atoms in total. The highest BCUT2D eigenvalue weighted by molar-refractivity contribution is 5.89. The molecular weight excluding hydrogens is 236 g/mol. The number of H-pyrrole nitrogens is 1. The maximum Gasteiger partial charge on any atom is 0.157 e. The molecule has 0 saturated carbocycles. The molecule has 4 heteroatoms. The molecule has 0 saturated heterocycles. The fraction of sp³-hybridized carbons (Fsp3) is 0.200. The number of imidazole rings is 1. The first kappa shape index (κ1) is 11.9. The first-order chi connectivity index (χ1) is 9.38. The molecule has 0 fully saturated rings. The van der Waals surface area contributed by atoms with Gasteiger partial charge < -0.3 is 10.7 Å². The van der Waals surface area contributed by atoms with Gasteiger partial charge in [-0.15, -0.1) is 0 Å². The van der Waals surface area contributed by atoms with Crippen LogP contribution in [-0.4, -0.2) is 21.5 Å². The number of rotatable bonds is 4. The second-order valence-corrected chi connectivity index (χ2v) is 4.50. The Kier molecular flexibility index (Phi) is 3.25. The maximum atomic E-state index is 5.53. The van der Waals surface area contributed by atoms with Gasteiger partial charge in [-0.3, -0.25) is 0 Å². The molecule has 0 bridgehead atoms. The van der Waals surface area contributed by atoms with Crippen LogP contribution in [0.4, 0.5) is 0 Å². The maximum absolute atomic E-state index is 5.53. The molecule has 2 aromatic heterocycles. The first-order valence-corrected chi connectivity index (χ1v) is 6.47. The zero-order valence-corrected chi connectivity index (χ0v) is 10.6. The number of pyridine rings is 1. The van der Waals surface area contributed by atoms with Crippen LogP contribution in [0.15, 0.2) is 42.6 Å². The smallest absolute Gasteiger partial charge is 0.157 e. The number of aromatic nitrogens is 3. The highest BCUT2D eigenvalue weighted by atomic mass is 15.0. The van der Waals surface area contributed by atoms with Crippen LogP contribution in [0.2, 0.25) is 0 Å². The summed E-state index contributed by atoms with van der Waals surface area (Å²) in [4.78, 5) is 12.3. The van der Waals surface area contributed by atoms with E-state index >= 15 is 0 Å². The van der Waals surface area contributed by atoms with E-state index in [1.54, 1.807) is 0 Å². The van der Waals surface area contributed by atoms with E-state index in [0.717, 1.165) is 41.0 Å². The predicted molar refractivity (Wildman–Crippen MR) is 76.7 cm³/mol. The Morgan fingerprint density at radius 2 is 1.95 bits per heavy atom. The van der Waals surface area contributed by atoms with Crippen LogP contribution >= 0.6 is 0 Å². The zero-order valence-electron chi connectivity index (χ0n) is 10.6. The number of aromatic amines is 1. The molecule has 3 rings (SSSR count). The van der Waals surface area contributed by atoms with Gasteiger partial charge in [-0.1, -0.05) is 30.3 Å². The molecule has 19 heavy (non-hydrogen) atoms. The van der Waals surface area contributed by atoms with Crippen LogP contribution in [0.1, 0.15) is 12.2 Å². The lowest BCUT2D eigenvalue weighted by Gasteiger charge is -2.00. The minimum absolute atomic E-state index is 0.677. The quantitative estimate of drug-likeness (QED) is 0.749. The van der Waals surface area contributed by atoms with Crippen molar-refractivity contribution in [2.45, 2.75) is 12.8 Å². The van der Waals surface area contributed by atoms with Gasteiger partial charge in [0.1, 0.15) is 11.3 Å². The van der Waals surface area contributed by atoms with Crippen LogP contribution in [0.5, 0.6) is 0 Å². The van der Waals surface area contributed by atoms with E-state index in [2.05, 4.69) is 27.1 Å². The lowest BCUT2D eigenvalue weighted by Crippen LogP contribution is -2.01. The van der Waals surface area contributed by atoms with Crippen LogP contribution < -0.4 is 5.73 Å². The lowest BCUT2D eigenvalue weighted by atomic mass is 10.1. The van der Waals surface area contributed by atoms with Crippen molar-refractivity contribution in [3.8, 4) is 11.1 Å². The molecule has 0 aliphatic heterocycles. The van der Waals surface area contributed by atoms with Gasteiger partial charge in [0.2, 0.25) is 0 Å². The highest BCUT2D eigenvalue weighted by Crippen LogP contribution is 2.25. The summed E-state index contributed by atoms with van der Waals surface area (Å²) in [6, 6.07) is 12.3. The molecule has 1 aromatic carbocycles. The topological polar surface area (TPSA) is 67.6 Å². The molecule has 2 heterocycles. The molecule has 0 radical (unpaired) electrons. The highest BCUT2D eigenvalue weighted by Gasteiger charge is 2.09. The predicted octanol–water partition coefficient (Wildman–Crippen LogP) is 2.52. The van der Waals surface area contributed by atoms with Crippen molar-refractivity contribution in [3.63, 3.8) is 0 Å². The SMILES string of the molecule is NCCCc1nc2c(-c3ccccc3)ccnc2[nH]1. The van der Waals surface area contributed by atoms with Crippen LogP contribution in [0.25, 0.3) is 22.3 Å². The third-order valence-corrected chi connectivity index (χ3v) is 3.14. The second kappa shape index (κ2) is 5.20. The molecule has 0 spiro atoms. The summed E-state index contributed by atoms with van der Waals surface area (Å²) >= 11 is 0. The Morgan fingerprint density at radius 3 is 2.74 bits per heavy atom. The van der Waals surface area contributed by atoms with E-state index in [0.29, 0.717) is 6.54 Å². The van der Waals surface area contributed by atoms with E-state index < -0.39 is 0 Å². The zero-order chi connectivity index (χ0) is 13.1. The van der Waals surface area contributed by atoms with E-state index in [1.165, 1.54) is 0 Å². The van der Waals surface area contributed by atoms with Gasteiger partial charge >= 0.3 is 0 Å². The number of nitrogens with one attached hydrogen (secondary N) is 1. The minimum Gasteiger partial charge on any atom is -0.330 e. The average molecular weight is 252 g/mol. The van der Waals surface area contributed by atoms with Gasteiger partial charge in [0.05, 0.1) is 0 Å². The Bertz CT molecular complexity index is 673. The standard InChI is InChI=1S/C15H16N4/c16-9-4-7-13-18-14-12(8-10-17-15(14)19-13)11-5-2-1-3-6-11/h1-3,5-6,8,10H,4,7,9,16H2,(H,17,18,19). The third kappa shape index (κ3) is 2.35. The number of hydrogen-bond acceptors (Lipinski definition) is 3. The number of nitrogens with zero attached hydrogens (tertiary/aromatic N) is 2. The van der Waals surface area contributed by atoms with Crippen molar-refractivity contribution in [2.24, 2.45) is 5.73 Å². The van der Waals surface area contributed by atoms with Gasteiger partial charge in [0.25, 0.3) is 0 Å². The summed E-state index contributed by atoms with van der Waals surface area (Å²) in [7, 11) is 0. The molecule has 0 amide bonds. The summed E-state index contributed by atoms with van der Waals surface area (Å²) in [5.41, 5.74) is 9.58. The number of nitrogens with two attached hydrogens (primary N) is 1. The summed E-state index contributed by atoms with van der Waals surface area (Å²) in [6.07, 6.45) is 3.61. The normalized spacial score (nSPS) is 11.0. The summed E-state index contributed by atoms with van der Waals surface area (Å²) in [5.74, 6) is 0.955. The summed E-state index contributed by atoms with van der Waals surface area (Å²) < 4.78 is 0. The van der Waals surface area contributed by atoms with Crippen molar-refractivity contribution >= 4 is 11.2 Å². The lowest BCUT2D eigenvalue weighted by molar-refractivity contribution is 0.796. The Morgan fingerprint density at radius 1 is 1.11 bits per heavy atom. The van der Waals surface area contributed by atoms with Crippen molar-refractivity contribution in [3.05, 3.63) is 48.4 Å². The molecule has 3 N–H and O–H groups in total. The average Bonchev–Trinajstić information content (AvgIpc) is 2.88. The van der Waals surface area contributed by atoms with Crippen LogP contribution in [0, 0.1) is 0 Å². The Hall–Kier alpha value is -2.20. The second-order valence-electron chi connectivity index (χ2n) is 4.50. The van der Waals surface area contributed by atoms with Gasteiger partial charge in [0, 0.05) is 18.2 Å². The van der Waals surface area contributed by atoms with Crippen LogP contribution in [0.3, 0.4) is 0 Å². The van der Waals surface area contributed by atoms with Gasteiger partial charge in [-0.2, -0.15) is 0 Å². The molecule has 0 aliphatic rings. The minimum atomic E-state index is 0.677. The Balaban J connectivity index is 2.08. The molecule has 96 valence electrons. The summed E-state index contributed by atoms with van der Waals surface area (Å²) in [6.45, 7) is 0.677. The van der Waals surface area contributed by atoms with Crippen LogP contribution in [-0.2, 0) is 6.42 Å². The van der Waals surface area contributed by atoms with Crippen molar-refractivity contribution < 1.29 is 0 Å². The number of aryl methyl sites for hydroxylation is 1. The van der Waals surface area contributed by atoms with E-state index in [9.17, 15) is 0 Å². The van der Waals surface area contributed by atoms with E-state index in [-0.39, 0.29) is 0 Å². The first-order valence-electron chi connectivity index (χ1n) is 6.47. The molecular formula is C15H16N4. The van der Waals surface area contributed by atoms with Gasteiger partial charge in [-0.25, -0.2) is 9.97 Å². The molecule has 0 unspecified atom stereocenters. The summed E-state index contributed by atoms with van der Waals surface area (Å²) in [5, 5.41) is 0. The number of hydrogen-bond donors (Lipinski definition) is 2. The largest absolute Gasteiger partial charge is 0.330 e. The fourth-order valence-electron chi connectivity index (χ4n) is 2.20.